The Morgan fingerprint density at radius 3 is 2.62 bits per heavy atom. The lowest BCUT2D eigenvalue weighted by atomic mass is 9.96. The summed E-state index contributed by atoms with van der Waals surface area (Å²) < 4.78 is 0. The second kappa shape index (κ2) is 7.73. The fourth-order valence-corrected chi connectivity index (χ4v) is 3.43. The molecule has 1 aliphatic rings. The molecule has 0 spiro atoms. The molecule has 0 bridgehead atoms. The number of carbonyl (C=O) groups excluding carboxylic acids is 2. The van der Waals surface area contributed by atoms with Crippen LogP contribution in [0.3, 0.4) is 0 Å². The van der Waals surface area contributed by atoms with E-state index in [1.165, 1.54) is 5.56 Å². The first-order valence-corrected chi connectivity index (χ1v) is 9.27. The van der Waals surface area contributed by atoms with Crippen molar-refractivity contribution in [1.82, 2.24) is 0 Å². The Morgan fingerprint density at radius 1 is 1.19 bits per heavy atom. The summed E-state index contributed by atoms with van der Waals surface area (Å²) in [6.07, 6.45) is 1.27. The third kappa shape index (κ3) is 3.64. The molecule has 2 aromatic rings. The van der Waals surface area contributed by atoms with Crippen molar-refractivity contribution in [2.24, 2.45) is 5.92 Å². The second-order valence-corrected chi connectivity index (χ2v) is 7.08. The monoisotopic (exact) mass is 350 g/mol. The Kier molecular flexibility index (Phi) is 5.40. The Morgan fingerprint density at radius 2 is 1.88 bits per heavy atom. The number of amides is 2. The van der Waals surface area contributed by atoms with E-state index < -0.39 is 0 Å². The van der Waals surface area contributed by atoms with Gasteiger partial charge in [-0.25, -0.2) is 0 Å². The Labute approximate surface area is 155 Å². The molecule has 1 saturated heterocycles. The van der Waals surface area contributed by atoms with Gasteiger partial charge in [-0.1, -0.05) is 50.2 Å². The first-order valence-electron chi connectivity index (χ1n) is 9.27. The van der Waals surface area contributed by atoms with Crippen LogP contribution in [0.4, 0.5) is 11.4 Å². The summed E-state index contributed by atoms with van der Waals surface area (Å²) in [5, 5.41) is 2.98. The molecule has 1 N–H and O–H groups in total. The van der Waals surface area contributed by atoms with Crippen molar-refractivity contribution in [1.29, 1.82) is 0 Å². The first-order chi connectivity index (χ1) is 12.5. The highest BCUT2D eigenvalue weighted by molar-refractivity contribution is 6.04. The smallest absolute Gasteiger partial charge is 0.229 e. The van der Waals surface area contributed by atoms with Gasteiger partial charge in [0.15, 0.2) is 0 Å². The van der Waals surface area contributed by atoms with Gasteiger partial charge in [0.2, 0.25) is 11.8 Å². The van der Waals surface area contributed by atoms with E-state index in [0.29, 0.717) is 12.5 Å². The normalized spacial score (nSPS) is 18.0. The lowest BCUT2D eigenvalue weighted by molar-refractivity contribution is -0.122. The quantitative estimate of drug-likeness (QED) is 0.863. The van der Waals surface area contributed by atoms with Gasteiger partial charge in [-0.05, 0) is 42.5 Å². The van der Waals surface area contributed by atoms with Crippen LogP contribution >= 0.6 is 0 Å². The summed E-state index contributed by atoms with van der Waals surface area (Å²) >= 11 is 0. The molecule has 2 amide bonds. The number of para-hydroxylation sites is 2. The highest BCUT2D eigenvalue weighted by Gasteiger charge is 2.36. The number of hydrogen-bond donors (Lipinski definition) is 1. The van der Waals surface area contributed by atoms with Crippen LogP contribution in [0, 0.1) is 12.8 Å². The lowest BCUT2D eigenvalue weighted by Crippen LogP contribution is -2.29. The standard InChI is InChI=1S/C22H26N2O2/c1-4-15(2)18-10-6-8-12-20(18)24-14-17(13-21(24)25)22(26)23-19-11-7-5-9-16(19)3/h5-12,15,17H,4,13-14H2,1-3H3,(H,23,26)/t15-,17+/m0/s1. The average Bonchev–Trinajstić information content (AvgIpc) is 3.04. The summed E-state index contributed by atoms with van der Waals surface area (Å²) in [7, 11) is 0. The van der Waals surface area contributed by atoms with Crippen molar-refractivity contribution in [3.63, 3.8) is 0 Å². The second-order valence-electron chi connectivity index (χ2n) is 7.08. The predicted octanol–water partition coefficient (Wildman–Crippen LogP) is 4.50. The van der Waals surface area contributed by atoms with Crippen LogP contribution in [-0.4, -0.2) is 18.4 Å². The molecule has 4 nitrogen and oxygen atoms in total. The Hall–Kier alpha value is -2.62. The molecule has 0 saturated carbocycles. The predicted molar refractivity (Wildman–Crippen MR) is 105 cm³/mol. The topological polar surface area (TPSA) is 49.4 Å². The van der Waals surface area contributed by atoms with Crippen molar-refractivity contribution >= 4 is 23.2 Å². The molecule has 4 heteroatoms. The maximum absolute atomic E-state index is 12.7. The number of aryl methyl sites for hydroxylation is 1. The molecule has 1 fully saturated rings. The van der Waals surface area contributed by atoms with Crippen molar-refractivity contribution < 1.29 is 9.59 Å². The molecule has 0 aliphatic carbocycles. The van der Waals surface area contributed by atoms with E-state index in [4.69, 9.17) is 0 Å². The Bertz CT molecular complexity index is 815. The SMILES string of the molecule is CC[C@H](C)c1ccccc1N1C[C@H](C(=O)Nc2ccccc2C)CC1=O. The van der Waals surface area contributed by atoms with E-state index in [1.54, 1.807) is 4.90 Å². The molecule has 3 rings (SSSR count). The van der Waals surface area contributed by atoms with Gasteiger partial charge in [-0.15, -0.1) is 0 Å². The zero-order chi connectivity index (χ0) is 18.7. The zero-order valence-corrected chi connectivity index (χ0v) is 15.7. The molecular weight excluding hydrogens is 324 g/mol. The van der Waals surface area contributed by atoms with Gasteiger partial charge < -0.3 is 10.2 Å². The van der Waals surface area contributed by atoms with Gasteiger partial charge in [0.1, 0.15) is 0 Å². The van der Waals surface area contributed by atoms with Crippen LogP contribution in [0.2, 0.25) is 0 Å². The number of carbonyl (C=O) groups is 2. The van der Waals surface area contributed by atoms with Crippen LogP contribution < -0.4 is 10.2 Å². The van der Waals surface area contributed by atoms with Gasteiger partial charge >= 0.3 is 0 Å². The van der Waals surface area contributed by atoms with Gasteiger partial charge in [-0.2, -0.15) is 0 Å². The molecule has 0 radical (unpaired) electrons. The Balaban J connectivity index is 1.77. The molecule has 26 heavy (non-hydrogen) atoms. The minimum Gasteiger partial charge on any atom is -0.326 e. The van der Waals surface area contributed by atoms with Gasteiger partial charge in [0.25, 0.3) is 0 Å². The fourth-order valence-electron chi connectivity index (χ4n) is 3.43. The minimum absolute atomic E-state index is 0.0192. The number of benzene rings is 2. The van der Waals surface area contributed by atoms with Gasteiger partial charge in [0.05, 0.1) is 5.92 Å². The van der Waals surface area contributed by atoms with Crippen LogP contribution in [0.25, 0.3) is 0 Å². The molecule has 1 heterocycles. The fraction of sp³-hybridized carbons (Fsp3) is 0.364. The van der Waals surface area contributed by atoms with Crippen LogP contribution in [0.15, 0.2) is 48.5 Å². The van der Waals surface area contributed by atoms with Crippen LogP contribution in [-0.2, 0) is 9.59 Å². The third-order valence-electron chi connectivity index (χ3n) is 5.27. The molecular formula is C22H26N2O2. The molecule has 0 unspecified atom stereocenters. The highest BCUT2D eigenvalue weighted by atomic mass is 16.2. The number of anilines is 2. The zero-order valence-electron chi connectivity index (χ0n) is 15.7. The summed E-state index contributed by atoms with van der Waals surface area (Å²) in [6.45, 7) is 6.71. The van der Waals surface area contributed by atoms with Gasteiger partial charge in [0, 0.05) is 24.3 Å². The van der Waals surface area contributed by atoms with Crippen LogP contribution in [0.1, 0.15) is 43.7 Å². The maximum Gasteiger partial charge on any atom is 0.229 e. The molecule has 0 aromatic heterocycles. The summed E-state index contributed by atoms with van der Waals surface area (Å²) in [6, 6.07) is 15.7. The van der Waals surface area contributed by atoms with E-state index >= 15 is 0 Å². The van der Waals surface area contributed by atoms with Gasteiger partial charge in [-0.3, -0.25) is 9.59 Å². The average molecular weight is 350 g/mol. The van der Waals surface area contributed by atoms with Crippen LogP contribution in [0.5, 0.6) is 0 Å². The molecule has 136 valence electrons. The third-order valence-corrected chi connectivity index (χ3v) is 5.27. The summed E-state index contributed by atoms with van der Waals surface area (Å²) in [5.41, 5.74) is 3.94. The lowest BCUT2D eigenvalue weighted by Gasteiger charge is -2.23. The van der Waals surface area contributed by atoms with Crippen molar-refractivity contribution in [2.45, 2.75) is 39.5 Å². The molecule has 2 atom stereocenters. The summed E-state index contributed by atoms with van der Waals surface area (Å²) in [4.78, 5) is 27.1. The van der Waals surface area contributed by atoms with E-state index in [0.717, 1.165) is 23.4 Å². The van der Waals surface area contributed by atoms with E-state index in [9.17, 15) is 9.59 Å². The van der Waals surface area contributed by atoms with Crippen molar-refractivity contribution in [2.75, 3.05) is 16.8 Å². The van der Waals surface area contributed by atoms with E-state index in [2.05, 4.69) is 25.2 Å². The first kappa shape index (κ1) is 18.2. The number of hydrogen-bond acceptors (Lipinski definition) is 2. The number of rotatable bonds is 5. The number of nitrogens with zero attached hydrogens (tertiary/aromatic N) is 1. The molecule has 1 aliphatic heterocycles. The maximum atomic E-state index is 12.7. The largest absolute Gasteiger partial charge is 0.326 e. The summed E-state index contributed by atoms with van der Waals surface area (Å²) in [5.74, 6) is -0.0206. The molecule has 2 aromatic carbocycles. The van der Waals surface area contributed by atoms with E-state index in [1.807, 2.05) is 49.4 Å². The minimum atomic E-state index is -0.327. The highest BCUT2D eigenvalue weighted by Crippen LogP contribution is 2.33. The van der Waals surface area contributed by atoms with Crippen molar-refractivity contribution in [3.8, 4) is 0 Å². The number of nitrogens with one attached hydrogen (secondary N) is 1. The van der Waals surface area contributed by atoms with E-state index in [-0.39, 0.29) is 24.2 Å². The van der Waals surface area contributed by atoms with Crippen molar-refractivity contribution in [3.05, 3.63) is 59.7 Å².